The summed E-state index contributed by atoms with van der Waals surface area (Å²) in [6.07, 6.45) is 10.2. The zero-order valence-corrected chi connectivity index (χ0v) is 12.9. The third kappa shape index (κ3) is 2.85. The van der Waals surface area contributed by atoms with Gasteiger partial charge in [0.1, 0.15) is 0 Å². The number of hydrogen-bond donors (Lipinski definition) is 1. The predicted molar refractivity (Wildman–Crippen MR) is 83.4 cm³/mol. The van der Waals surface area contributed by atoms with E-state index in [4.69, 9.17) is 4.98 Å². The van der Waals surface area contributed by atoms with Crippen molar-refractivity contribution >= 4 is 5.95 Å². The Labute approximate surface area is 122 Å². The van der Waals surface area contributed by atoms with Crippen LogP contribution < -0.4 is 10.2 Å². The van der Waals surface area contributed by atoms with Crippen molar-refractivity contribution in [3.63, 3.8) is 0 Å². The molecule has 1 aliphatic heterocycles. The highest BCUT2D eigenvalue weighted by molar-refractivity contribution is 5.35. The molecule has 4 nitrogen and oxygen atoms in total. The van der Waals surface area contributed by atoms with Gasteiger partial charge in [-0.05, 0) is 26.2 Å². The molecule has 1 saturated heterocycles. The average molecular weight is 276 g/mol. The van der Waals surface area contributed by atoms with Crippen LogP contribution in [0, 0.1) is 0 Å². The van der Waals surface area contributed by atoms with Crippen LogP contribution in [0.2, 0.25) is 0 Å². The third-order valence-electron chi connectivity index (χ3n) is 4.74. The second-order valence-corrected chi connectivity index (χ2v) is 6.39. The van der Waals surface area contributed by atoms with Crippen LogP contribution >= 0.6 is 0 Å². The van der Waals surface area contributed by atoms with E-state index in [1.165, 1.54) is 43.7 Å². The standard InChI is InChI=1S/C16H28N4/c1-3-14-12-20(15-7-5-4-6-8-15)16(18-14)19-10-9-17-13(2)11-19/h12-13,15,17H,3-11H2,1-2H3. The van der Waals surface area contributed by atoms with Gasteiger partial charge in [-0.15, -0.1) is 0 Å². The molecule has 0 bridgehead atoms. The van der Waals surface area contributed by atoms with E-state index in [0.717, 1.165) is 26.1 Å². The second kappa shape index (κ2) is 6.17. The zero-order valence-electron chi connectivity index (χ0n) is 12.9. The Kier molecular flexibility index (Phi) is 4.29. The first-order valence-corrected chi connectivity index (χ1v) is 8.34. The van der Waals surface area contributed by atoms with Gasteiger partial charge in [-0.25, -0.2) is 4.98 Å². The molecule has 2 fully saturated rings. The zero-order chi connectivity index (χ0) is 13.9. The van der Waals surface area contributed by atoms with Crippen molar-refractivity contribution in [2.45, 2.75) is 64.5 Å². The Balaban J connectivity index is 1.85. The minimum atomic E-state index is 0.560. The summed E-state index contributed by atoms with van der Waals surface area (Å²) in [6.45, 7) is 7.70. The minimum absolute atomic E-state index is 0.560. The van der Waals surface area contributed by atoms with Gasteiger partial charge in [0.2, 0.25) is 5.95 Å². The lowest BCUT2D eigenvalue weighted by molar-refractivity contribution is 0.350. The number of piperazine rings is 1. The van der Waals surface area contributed by atoms with Crippen molar-refractivity contribution in [2.75, 3.05) is 24.5 Å². The summed E-state index contributed by atoms with van der Waals surface area (Å²) in [5.41, 5.74) is 1.25. The SMILES string of the molecule is CCc1cn(C2CCCCC2)c(N2CCNC(C)C2)n1. The molecule has 0 aromatic carbocycles. The molecular weight excluding hydrogens is 248 g/mol. The summed E-state index contributed by atoms with van der Waals surface area (Å²) >= 11 is 0. The Morgan fingerprint density at radius 3 is 2.80 bits per heavy atom. The lowest BCUT2D eigenvalue weighted by Gasteiger charge is -2.35. The number of nitrogens with one attached hydrogen (secondary N) is 1. The maximum absolute atomic E-state index is 4.92. The van der Waals surface area contributed by atoms with E-state index < -0.39 is 0 Å². The summed E-state index contributed by atoms with van der Waals surface area (Å²) in [6, 6.07) is 1.24. The van der Waals surface area contributed by atoms with E-state index in [-0.39, 0.29) is 0 Å². The fourth-order valence-corrected chi connectivity index (χ4v) is 3.58. The van der Waals surface area contributed by atoms with Crippen LogP contribution in [-0.2, 0) is 6.42 Å². The molecule has 1 N–H and O–H groups in total. The third-order valence-corrected chi connectivity index (χ3v) is 4.74. The maximum atomic E-state index is 4.92. The summed E-state index contributed by atoms with van der Waals surface area (Å²) in [5.74, 6) is 1.22. The van der Waals surface area contributed by atoms with Gasteiger partial charge in [-0.2, -0.15) is 0 Å². The highest BCUT2D eigenvalue weighted by Gasteiger charge is 2.25. The number of nitrogens with zero attached hydrogens (tertiary/aromatic N) is 3. The molecule has 1 aromatic rings. The van der Waals surface area contributed by atoms with E-state index in [2.05, 4.69) is 34.8 Å². The summed E-state index contributed by atoms with van der Waals surface area (Å²) in [7, 11) is 0. The molecule has 0 radical (unpaired) electrons. The topological polar surface area (TPSA) is 33.1 Å². The van der Waals surface area contributed by atoms with Crippen molar-refractivity contribution in [1.29, 1.82) is 0 Å². The van der Waals surface area contributed by atoms with E-state index >= 15 is 0 Å². The van der Waals surface area contributed by atoms with Gasteiger partial charge in [-0.1, -0.05) is 26.2 Å². The van der Waals surface area contributed by atoms with Crippen LogP contribution in [0.3, 0.4) is 0 Å². The summed E-state index contributed by atoms with van der Waals surface area (Å²) in [4.78, 5) is 7.40. The predicted octanol–water partition coefficient (Wildman–Crippen LogP) is 2.75. The molecule has 1 saturated carbocycles. The number of anilines is 1. The fraction of sp³-hybridized carbons (Fsp3) is 0.812. The highest BCUT2D eigenvalue weighted by Crippen LogP contribution is 2.32. The first-order chi connectivity index (χ1) is 9.78. The number of aryl methyl sites for hydroxylation is 1. The highest BCUT2D eigenvalue weighted by atomic mass is 15.3. The molecule has 1 atom stereocenters. The molecule has 3 rings (SSSR count). The molecule has 0 amide bonds. The van der Waals surface area contributed by atoms with Gasteiger partial charge in [-0.3, -0.25) is 0 Å². The van der Waals surface area contributed by atoms with Crippen molar-refractivity contribution in [2.24, 2.45) is 0 Å². The van der Waals surface area contributed by atoms with Gasteiger partial charge < -0.3 is 14.8 Å². The van der Waals surface area contributed by atoms with Gasteiger partial charge in [0.15, 0.2) is 0 Å². The van der Waals surface area contributed by atoms with E-state index in [9.17, 15) is 0 Å². The molecule has 2 aliphatic rings. The minimum Gasteiger partial charge on any atom is -0.339 e. The normalized spacial score (nSPS) is 25.1. The number of imidazole rings is 1. The lowest BCUT2D eigenvalue weighted by Crippen LogP contribution is -2.50. The monoisotopic (exact) mass is 276 g/mol. The summed E-state index contributed by atoms with van der Waals surface area (Å²) < 4.78 is 2.50. The van der Waals surface area contributed by atoms with E-state index in [0.29, 0.717) is 12.1 Å². The van der Waals surface area contributed by atoms with Crippen LogP contribution in [0.25, 0.3) is 0 Å². The van der Waals surface area contributed by atoms with Gasteiger partial charge in [0.25, 0.3) is 0 Å². The molecule has 2 heterocycles. The molecule has 1 aliphatic carbocycles. The molecule has 0 spiro atoms. The number of rotatable bonds is 3. The first-order valence-electron chi connectivity index (χ1n) is 8.34. The molecule has 20 heavy (non-hydrogen) atoms. The van der Waals surface area contributed by atoms with Crippen LogP contribution in [0.1, 0.15) is 57.7 Å². The Hall–Kier alpha value is -1.03. The Morgan fingerprint density at radius 1 is 1.30 bits per heavy atom. The van der Waals surface area contributed by atoms with Crippen molar-refractivity contribution in [3.05, 3.63) is 11.9 Å². The molecular formula is C16H28N4. The quantitative estimate of drug-likeness (QED) is 0.921. The molecule has 112 valence electrons. The molecule has 1 aromatic heterocycles. The Morgan fingerprint density at radius 2 is 2.10 bits per heavy atom. The van der Waals surface area contributed by atoms with Gasteiger partial charge >= 0.3 is 0 Å². The van der Waals surface area contributed by atoms with Crippen LogP contribution in [-0.4, -0.2) is 35.2 Å². The Bertz CT molecular complexity index is 434. The van der Waals surface area contributed by atoms with Crippen LogP contribution in [0.15, 0.2) is 6.20 Å². The fourth-order valence-electron chi connectivity index (χ4n) is 3.58. The average Bonchev–Trinajstić information content (AvgIpc) is 2.92. The number of hydrogen-bond acceptors (Lipinski definition) is 3. The largest absolute Gasteiger partial charge is 0.339 e. The number of aromatic nitrogens is 2. The van der Waals surface area contributed by atoms with Crippen LogP contribution in [0.4, 0.5) is 5.95 Å². The van der Waals surface area contributed by atoms with Crippen molar-refractivity contribution in [3.8, 4) is 0 Å². The lowest BCUT2D eigenvalue weighted by atomic mass is 9.95. The van der Waals surface area contributed by atoms with Gasteiger partial charge in [0.05, 0.1) is 5.69 Å². The molecule has 4 heteroatoms. The van der Waals surface area contributed by atoms with E-state index in [1.54, 1.807) is 0 Å². The molecule has 1 unspecified atom stereocenters. The smallest absolute Gasteiger partial charge is 0.206 e. The maximum Gasteiger partial charge on any atom is 0.206 e. The van der Waals surface area contributed by atoms with E-state index in [1.807, 2.05) is 0 Å². The second-order valence-electron chi connectivity index (χ2n) is 6.39. The van der Waals surface area contributed by atoms with Gasteiger partial charge in [0, 0.05) is 37.9 Å². The van der Waals surface area contributed by atoms with Crippen molar-refractivity contribution in [1.82, 2.24) is 14.9 Å². The first kappa shape index (κ1) is 13.9. The van der Waals surface area contributed by atoms with Crippen molar-refractivity contribution < 1.29 is 0 Å². The summed E-state index contributed by atoms with van der Waals surface area (Å²) in [5, 5.41) is 3.52. The van der Waals surface area contributed by atoms with Crippen LogP contribution in [0.5, 0.6) is 0 Å².